The Kier molecular flexibility index (Phi) is 5.60. The number of halogens is 1. The van der Waals surface area contributed by atoms with Gasteiger partial charge in [-0.3, -0.25) is 9.69 Å². The molecule has 2 aromatic rings. The maximum atomic E-state index is 13.8. The summed E-state index contributed by atoms with van der Waals surface area (Å²) in [5.41, 5.74) is 0.793. The van der Waals surface area contributed by atoms with Gasteiger partial charge in [-0.15, -0.1) is 0 Å². The van der Waals surface area contributed by atoms with Gasteiger partial charge in [0, 0.05) is 24.0 Å². The molecule has 1 heterocycles. The SMILES string of the molecule is O=C(O)C1CCCN(CCO/N=C/c2ccc(F)c3ccccc23)C1. The molecule has 1 atom stereocenters. The molecule has 6 heteroatoms. The Bertz CT molecular complexity index is 778. The molecule has 3 rings (SSSR count). The van der Waals surface area contributed by atoms with Crippen LogP contribution in [0, 0.1) is 11.7 Å². The average Bonchev–Trinajstić information content (AvgIpc) is 2.63. The number of benzene rings is 2. The Balaban J connectivity index is 1.53. The number of rotatable bonds is 6. The number of likely N-dealkylation sites (tertiary alicyclic amines) is 1. The Morgan fingerprint density at radius 1 is 1.32 bits per heavy atom. The normalized spacial score (nSPS) is 18.7. The fourth-order valence-corrected chi connectivity index (χ4v) is 3.18. The zero-order valence-electron chi connectivity index (χ0n) is 13.9. The number of fused-ring (bicyclic) bond motifs is 1. The Morgan fingerprint density at radius 3 is 2.92 bits per heavy atom. The van der Waals surface area contributed by atoms with Gasteiger partial charge in [0.1, 0.15) is 12.4 Å². The van der Waals surface area contributed by atoms with E-state index >= 15 is 0 Å². The number of piperidine rings is 1. The third-order valence-corrected chi connectivity index (χ3v) is 4.52. The first-order chi connectivity index (χ1) is 12.1. The lowest BCUT2D eigenvalue weighted by Crippen LogP contribution is -2.40. The van der Waals surface area contributed by atoms with Crippen LogP contribution in [0.4, 0.5) is 4.39 Å². The zero-order chi connectivity index (χ0) is 17.6. The van der Waals surface area contributed by atoms with Crippen molar-refractivity contribution in [3.63, 3.8) is 0 Å². The molecule has 1 aliphatic rings. The standard InChI is InChI=1S/C19H21FN2O3/c20-18-8-7-14(16-5-1-2-6-17(16)18)12-21-25-11-10-22-9-3-4-15(13-22)19(23)24/h1-2,5-8,12,15H,3-4,9-11,13H2,(H,23,24)/b21-12+. The van der Waals surface area contributed by atoms with Crippen LogP contribution in [0.2, 0.25) is 0 Å². The molecule has 1 saturated heterocycles. The second-order valence-electron chi connectivity index (χ2n) is 6.23. The highest BCUT2D eigenvalue weighted by atomic mass is 19.1. The molecular formula is C19H21FN2O3. The van der Waals surface area contributed by atoms with E-state index in [4.69, 9.17) is 9.94 Å². The van der Waals surface area contributed by atoms with Crippen LogP contribution in [0.25, 0.3) is 10.8 Å². The van der Waals surface area contributed by atoms with Crippen molar-refractivity contribution in [3.05, 3.63) is 47.8 Å². The van der Waals surface area contributed by atoms with Gasteiger partial charge in [0.05, 0.1) is 12.1 Å². The average molecular weight is 344 g/mol. The molecule has 0 saturated carbocycles. The van der Waals surface area contributed by atoms with Gasteiger partial charge in [-0.2, -0.15) is 0 Å². The van der Waals surface area contributed by atoms with Crippen molar-refractivity contribution in [2.75, 3.05) is 26.2 Å². The van der Waals surface area contributed by atoms with E-state index in [2.05, 4.69) is 10.1 Å². The van der Waals surface area contributed by atoms with Crippen molar-refractivity contribution in [2.24, 2.45) is 11.1 Å². The monoisotopic (exact) mass is 344 g/mol. The van der Waals surface area contributed by atoms with Crippen molar-refractivity contribution in [1.29, 1.82) is 0 Å². The van der Waals surface area contributed by atoms with Crippen LogP contribution in [-0.2, 0) is 9.63 Å². The van der Waals surface area contributed by atoms with Crippen LogP contribution in [0.1, 0.15) is 18.4 Å². The molecule has 0 radical (unpaired) electrons. The number of oxime groups is 1. The van der Waals surface area contributed by atoms with Gasteiger partial charge >= 0.3 is 5.97 Å². The van der Waals surface area contributed by atoms with E-state index in [1.807, 2.05) is 12.1 Å². The van der Waals surface area contributed by atoms with Crippen LogP contribution < -0.4 is 0 Å². The molecule has 132 valence electrons. The van der Waals surface area contributed by atoms with E-state index in [1.54, 1.807) is 24.4 Å². The van der Waals surface area contributed by atoms with Crippen LogP contribution in [0.15, 0.2) is 41.6 Å². The fraction of sp³-hybridized carbons (Fsp3) is 0.368. The molecule has 1 N–H and O–H groups in total. The summed E-state index contributed by atoms with van der Waals surface area (Å²) in [6.07, 6.45) is 3.21. The molecule has 5 nitrogen and oxygen atoms in total. The molecule has 1 aliphatic heterocycles. The van der Waals surface area contributed by atoms with Gasteiger partial charge in [0.2, 0.25) is 0 Å². The van der Waals surface area contributed by atoms with Gasteiger partial charge < -0.3 is 9.94 Å². The van der Waals surface area contributed by atoms with Crippen LogP contribution in [0.5, 0.6) is 0 Å². The van der Waals surface area contributed by atoms with Crippen molar-refractivity contribution in [3.8, 4) is 0 Å². The van der Waals surface area contributed by atoms with E-state index in [-0.39, 0.29) is 11.7 Å². The Hall–Kier alpha value is -2.47. The van der Waals surface area contributed by atoms with E-state index in [9.17, 15) is 9.18 Å². The van der Waals surface area contributed by atoms with E-state index < -0.39 is 5.97 Å². The number of carboxylic acid groups (broad SMARTS) is 1. The summed E-state index contributed by atoms with van der Waals surface area (Å²) in [6, 6.07) is 10.3. The van der Waals surface area contributed by atoms with E-state index in [0.717, 1.165) is 30.3 Å². The molecule has 1 fully saturated rings. The molecule has 2 aromatic carbocycles. The summed E-state index contributed by atoms with van der Waals surface area (Å²) in [4.78, 5) is 18.4. The summed E-state index contributed by atoms with van der Waals surface area (Å²) < 4.78 is 13.8. The highest BCUT2D eigenvalue weighted by Crippen LogP contribution is 2.20. The third kappa shape index (κ3) is 4.33. The molecule has 0 aliphatic carbocycles. The maximum Gasteiger partial charge on any atom is 0.307 e. The minimum absolute atomic E-state index is 0.258. The van der Waals surface area contributed by atoms with Crippen molar-refractivity contribution in [2.45, 2.75) is 12.8 Å². The van der Waals surface area contributed by atoms with Gasteiger partial charge in [0.15, 0.2) is 0 Å². The fourth-order valence-electron chi connectivity index (χ4n) is 3.18. The molecular weight excluding hydrogens is 323 g/mol. The quantitative estimate of drug-likeness (QED) is 0.497. The minimum Gasteiger partial charge on any atom is -0.481 e. The van der Waals surface area contributed by atoms with Gasteiger partial charge in [-0.25, -0.2) is 4.39 Å². The first-order valence-electron chi connectivity index (χ1n) is 8.43. The van der Waals surface area contributed by atoms with E-state index in [1.165, 1.54) is 6.07 Å². The van der Waals surface area contributed by atoms with Crippen molar-refractivity contribution in [1.82, 2.24) is 4.90 Å². The molecule has 0 amide bonds. The highest BCUT2D eigenvalue weighted by Gasteiger charge is 2.24. The second-order valence-corrected chi connectivity index (χ2v) is 6.23. The molecule has 25 heavy (non-hydrogen) atoms. The van der Waals surface area contributed by atoms with Gasteiger partial charge in [-0.1, -0.05) is 29.4 Å². The lowest BCUT2D eigenvalue weighted by atomic mass is 9.98. The maximum absolute atomic E-state index is 13.8. The van der Waals surface area contributed by atoms with Crippen LogP contribution in [0.3, 0.4) is 0 Å². The summed E-state index contributed by atoms with van der Waals surface area (Å²) in [7, 11) is 0. The Labute approximate surface area is 145 Å². The number of hydrogen-bond acceptors (Lipinski definition) is 4. The smallest absolute Gasteiger partial charge is 0.307 e. The number of nitrogens with zero attached hydrogens (tertiary/aromatic N) is 2. The number of aliphatic carboxylic acids is 1. The minimum atomic E-state index is -0.730. The number of carbonyl (C=O) groups is 1. The highest BCUT2D eigenvalue weighted by molar-refractivity contribution is 5.99. The zero-order valence-corrected chi connectivity index (χ0v) is 13.9. The second kappa shape index (κ2) is 8.07. The van der Waals surface area contributed by atoms with Crippen molar-refractivity contribution >= 4 is 23.0 Å². The van der Waals surface area contributed by atoms with Crippen LogP contribution in [-0.4, -0.2) is 48.4 Å². The summed E-state index contributed by atoms with van der Waals surface area (Å²) in [6.45, 7) is 2.48. The van der Waals surface area contributed by atoms with Gasteiger partial charge in [-0.05, 0) is 36.9 Å². The lowest BCUT2D eigenvalue weighted by Gasteiger charge is -2.29. The summed E-state index contributed by atoms with van der Waals surface area (Å²) in [5, 5.41) is 14.4. The Morgan fingerprint density at radius 2 is 2.12 bits per heavy atom. The summed E-state index contributed by atoms with van der Waals surface area (Å²) >= 11 is 0. The first-order valence-corrected chi connectivity index (χ1v) is 8.43. The molecule has 1 unspecified atom stereocenters. The van der Waals surface area contributed by atoms with Gasteiger partial charge in [0.25, 0.3) is 0 Å². The number of carboxylic acids is 1. The lowest BCUT2D eigenvalue weighted by molar-refractivity contribution is -0.143. The van der Waals surface area contributed by atoms with E-state index in [0.29, 0.717) is 25.1 Å². The molecule has 0 aromatic heterocycles. The predicted octanol–water partition coefficient (Wildman–Crippen LogP) is 3.13. The predicted molar refractivity (Wildman–Crippen MR) is 94.3 cm³/mol. The topological polar surface area (TPSA) is 62.1 Å². The molecule has 0 bridgehead atoms. The third-order valence-electron chi connectivity index (χ3n) is 4.52. The molecule has 0 spiro atoms. The summed E-state index contributed by atoms with van der Waals surface area (Å²) in [5.74, 6) is -1.28. The first kappa shape index (κ1) is 17.4. The van der Waals surface area contributed by atoms with Crippen LogP contribution >= 0.6 is 0 Å². The largest absolute Gasteiger partial charge is 0.481 e. The number of hydrogen-bond donors (Lipinski definition) is 1. The van der Waals surface area contributed by atoms with Crippen molar-refractivity contribution < 1.29 is 19.1 Å².